The molecule has 0 aliphatic rings. The van der Waals surface area contributed by atoms with Gasteiger partial charge in [0, 0.05) is 4.47 Å². The summed E-state index contributed by atoms with van der Waals surface area (Å²) >= 11 is 3.40. The second-order valence-electron chi connectivity index (χ2n) is 5.44. The molecule has 0 aliphatic heterocycles. The quantitative estimate of drug-likeness (QED) is 0.495. The molecule has 0 saturated carbocycles. The molecule has 0 radical (unpaired) electrons. The van der Waals surface area contributed by atoms with E-state index in [1.807, 2.05) is 66.7 Å². The summed E-state index contributed by atoms with van der Waals surface area (Å²) < 4.78 is 8.38. The third kappa shape index (κ3) is 3.06. The zero-order valence-corrected chi connectivity index (χ0v) is 14.7. The van der Waals surface area contributed by atoms with Crippen LogP contribution in [-0.2, 0) is 0 Å². The minimum absolute atomic E-state index is 0.163. The standard InChI is InChI=1S/C20H13BrN2O2/c21-14-10-12-16(13-11-14)25-20-22-18-9-5-4-8-17(18)19(24)23(20)15-6-2-1-3-7-15/h1-13H. The highest BCUT2D eigenvalue weighted by Gasteiger charge is 2.14. The van der Waals surface area contributed by atoms with Crippen molar-refractivity contribution in [3.63, 3.8) is 0 Å². The van der Waals surface area contributed by atoms with Gasteiger partial charge in [-0.05, 0) is 48.5 Å². The zero-order valence-electron chi connectivity index (χ0n) is 13.1. The molecule has 4 nitrogen and oxygen atoms in total. The van der Waals surface area contributed by atoms with Crippen LogP contribution in [0.15, 0.2) is 88.1 Å². The largest absolute Gasteiger partial charge is 0.425 e. The second-order valence-corrected chi connectivity index (χ2v) is 6.36. The Morgan fingerprint density at radius 1 is 0.840 bits per heavy atom. The van der Waals surface area contributed by atoms with E-state index >= 15 is 0 Å². The molecule has 0 saturated heterocycles. The Morgan fingerprint density at radius 2 is 1.52 bits per heavy atom. The van der Waals surface area contributed by atoms with Gasteiger partial charge in [-0.1, -0.05) is 46.3 Å². The lowest BCUT2D eigenvalue weighted by molar-refractivity contribution is 0.427. The molecular weight excluding hydrogens is 380 g/mol. The zero-order chi connectivity index (χ0) is 17.2. The van der Waals surface area contributed by atoms with Crippen molar-refractivity contribution in [2.45, 2.75) is 0 Å². The van der Waals surface area contributed by atoms with Gasteiger partial charge in [0.05, 0.1) is 16.6 Å². The predicted octanol–water partition coefficient (Wildman–Crippen LogP) is 4.94. The maximum atomic E-state index is 13.0. The Labute approximate surface area is 152 Å². The first-order chi connectivity index (χ1) is 12.2. The molecule has 0 amide bonds. The van der Waals surface area contributed by atoms with Crippen LogP contribution >= 0.6 is 15.9 Å². The smallest absolute Gasteiger partial charge is 0.310 e. The highest BCUT2D eigenvalue weighted by atomic mass is 79.9. The second kappa shape index (κ2) is 6.53. The Kier molecular flexibility index (Phi) is 4.07. The monoisotopic (exact) mass is 392 g/mol. The molecule has 3 aromatic carbocycles. The minimum atomic E-state index is -0.163. The van der Waals surface area contributed by atoms with Crippen molar-refractivity contribution in [3.8, 4) is 17.4 Å². The molecule has 1 heterocycles. The maximum Gasteiger partial charge on any atom is 0.310 e. The molecule has 122 valence electrons. The molecule has 0 atom stereocenters. The predicted molar refractivity (Wildman–Crippen MR) is 102 cm³/mol. The van der Waals surface area contributed by atoms with Gasteiger partial charge in [-0.25, -0.2) is 4.57 Å². The van der Waals surface area contributed by atoms with Crippen molar-refractivity contribution in [3.05, 3.63) is 93.7 Å². The molecule has 5 heteroatoms. The van der Waals surface area contributed by atoms with E-state index < -0.39 is 0 Å². The van der Waals surface area contributed by atoms with Gasteiger partial charge < -0.3 is 4.74 Å². The van der Waals surface area contributed by atoms with Crippen molar-refractivity contribution in [2.24, 2.45) is 0 Å². The van der Waals surface area contributed by atoms with E-state index in [1.54, 1.807) is 12.1 Å². The van der Waals surface area contributed by atoms with Crippen molar-refractivity contribution in [1.82, 2.24) is 9.55 Å². The molecule has 0 N–H and O–H groups in total. The van der Waals surface area contributed by atoms with Crippen LogP contribution in [0.5, 0.6) is 11.8 Å². The van der Waals surface area contributed by atoms with Crippen LogP contribution in [0.3, 0.4) is 0 Å². The van der Waals surface area contributed by atoms with Gasteiger partial charge in [-0.3, -0.25) is 4.79 Å². The Balaban J connectivity index is 1.95. The molecule has 25 heavy (non-hydrogen) atoms. The molecule has 4 rings (SSSR count). The summed E-state index contributed by atoms with van der Waals surface area (Å²) in [6.45, 7) is 0. The molecule has 0 unspecified atom stereocenters. The van der Waals surface area contributed by atoms with Crippen molar-refractivity contribution >= 4 is 26.8 Å². The van der Waals surface area contributed by atoms with Gasteiger partial charge >= 0.3 is 6.01 Å². The Morgan fingerprint density at radius 3 is 2.28 bits per heavy atom. The average Bonchev–Trinajstić information content (AvgIpc) is 2.65. The van der Waals surface area contributed by atoms with Crippen LogP contribution < -0.4 is 10.3 Å². The fourth-order valence-electron chi connectivity index (χ4n) is 2.59. The Bertz CT molecular complexity index is 1090. The lowest BCUT2D eigenvalue weighted by atomic mass is 10.2. The molecule has 4 aromatic rings. The normalized spacial score (nSPS) is 10.8. The Hall–Kier alpha value is -2.92. The number of aromatic nitrogens is 2. The third-order valence-corrected chi connectivity index (χ3v) is 4.31. The molecule has 0 aliphatic carbocycles. The third-order valence-electron chi connectivity index (χ3n) is 3.78. The summed E-state index contributed by atoms with van der Waals surface area (Å²) in [7, 11) is 0. The van der Waals surface area contributed by atoms with E-state index in [1.165, 1.54) is 4.57 Å². The van der Waals surface area contributed by atoms with E-state index in [4.69, 9.17) is 4.74 Å². The fourth-order valence-corrected chi connectivity index (χ4v) is 2.86. The van der Waals surface area contributed by atoms with Gasteiger partial charge in [0.2, 0.25) is 0 Å². The molecule has 0 bridgehead atoms. The average molecular weight is 393 g/mol. The summed E-state index contributed by atoms with van der Waals surface area (Å²) in [6, 6.07) is 24.2. The first kappa shape index (κ1) is 15.6. The number of para-hydroxylation sites is 2. The molecule has 1 aromatic heterocycles. The SMILES string of the molecule is O=c1c2ccccc2nc(Oc2ccc(Br)cc2)n1-c1ccccc1. The van der Waals surface area contributed by atoms with Gasteiger partial charge in [0.1, 0.15) is 5.75 Å². The summed E-state index contributed by atoms with van der Waals surface area (Å²) in [4.78, 5) is 17.6. The summed E-state index contributed by atoms with van der Waals surface area (Å²) in [5.74, 6) is 0.607. The summed E-state index contributed by atoms with van der Waals surface area (Å²) in [6.07, 6.45) is 0. The van der Waals surface area contributed by atoms with Gasteiger partial charge in [0.25, 0.3) is 5.56 Å². The number of ether oxygens (including phenoxy) is 1. The van der Waals surface area contributed by atoms with Gasteiger partial charge in [-0.2, -0.15) is 4.98 Å². The van der Waals surface area contributed by atoms with Crippen LogP contribution in [0.1, 0.15) is 0 Å². The van der Waals surface area contributed by atoms with Crippen LogP contribution in [0.4, 0.5) is 0 Å². The molecular formula is C20H13BrN2O2. The summed E-state index contributed by atoms with van der Waals surface area (Å²) in [5, 5.41) is 0.550. The first-order valence-corrected chi connectivity index (χ1v) is 8.52. The molecule has 0 spiro atoms. The number of rotatable bonds is 3. The lowest BCUT2D eigenvalue weighted by Gasteiger charge is -2.13. The number of hydrogen-bond donors (Lipinski definition) is 0. The lowest BCUT2D eigenvalue weighted by Crippen LogP contribution is -2.21. The summed E-state index contributed by atoms with van der Waals surface area (Å²) in [5.41, 5.74) is 1.15. The van der Waals surface area contributed by atoms with E-state index in [9.17, 15) is 4.79 Å². The highest BCUT2D eigenvalue weighted by Crippen LogP contribution is 2.24. The van der Waals surface area contributed by atoms with E-state index in [-0.39, 0.29) is 11.6 Å². The van der Waals surface area contributed by atoms with Gasteiger partial charge in [0.15, 0.2) is 0 Å². The number of fused-ring (bicyclic) bond motifs is 1. The topological polar surface area (TPSA) is 44.1 Å². The number of halogens is 1. The number of benzene rings is 3. The van der Waals surface area contributed by atoms with Crippen molar-refractivity contribution in [1.29, 1.82) is 0 Å². The van der Waals surface area contributed by atoms with Crippen LogP contribution in [0.2, 0.25) is 0 Å². The van der Waals surface area contributed by atoms with E-state index in [0.717, 1.165) is 4.47 Å². The van der Waals surface area contributed by atoms with Crippen LogP contribution in [-0.4, -0.2) is 9.55 Å². The van der Waals surface area contributed by atoms with Crippen molar-refractivity contribution < 1.29 is 4.74 Å². The van der Waals surface area contributed by atoms with E-state index in [2.05, 4.69) is 20.9 Å². The van der Waals surface area contributed by atoms with Crippen LogP contribution in [0, 0.1) is 0 Å². The fraction of sp³-hybridized carbons (Fsp3) is 0. The number of hydrogen-bond acceptors (Lipinski definition) is 3. The van der Waals surface area contributed by atoms with Gasteiger partial charge in [-0.15, -0.1) is 0 Å². The highest BCUT2D eigenvalue weighted by molar-refractivity contribution is 9.10. The minimum Gasteiger partial charge on any atom is -0.425 e. The van der Waals surface area contributed by atoms with Crippen LogP contribution in [0.25, 0.3) is 16.6 Å². The molecule has 0 fully saturated rings. The maximum absolute atomic E-state index is 13.0. The van der Waals surface area contributed by atoms with Crippen molar-refractivity contribution in [2.75, 3.05) is 0 Å². The first-order valence-electron chi connectivity index (χ1n) is 7.73. The van der Waals surface area contributed by atoms with E-state index in [0.29, 0.717) is 22.3 Å². The number of nitrogens with zero attached hydrogens (tertiary/aromatic N) is 2.